The molecule has 1 N–H and O–H groups in total. The fourth-order valence-corrected chi connectivity index (χ4v) is 2.18. The third-order valence-corrected chi connectivity index (χ3v) is 3.15. The lowest BCUT2D eigenvalue weighted by molar-refractivity contribution is 0.543. The predicted octanol–water partition coefficient (Wildman–Crippen LogP) is 3.28. The SMILES string of the molecule is CNCc1ccc2nc(Cc3ccc(F)cc3)oc2c1. The van der Waals surface area contributed by atoms with Crippen LogP contribution in [-0.2, 0) is 13.0 Å². The standard InChI is InChI=1S/C16H15FN2O/c1-18-10-12-4-7-14-15(8-12)20-16(19-14)9-11-2-5-13(17)6-3-11/h2-8,18H,9-10H2,1H3. The summed E-state index contributed by atoms with van der Waals surface area (Å²) in [6.45, 7) is 0.796. The molecule has 0 saturated heterocycles. The Morgan fingerprint density at radius 1 is 1.10 bits per heavy atom. The van der Waals surface area contributed by atoms with E-state index in [0.717, 1.165) is 28.8 Å². The molecule has 0 bridgehead atoms. The van der Waals surface area contributed by atoms with Crippen LogP contribution in [0.2, 0.25) is 0 Å². The van der Waals surface area contributed by atoms with Crippen molar-refractivity contribution < 1.29 is 8.81 Å². The summed E-state index contributed by atoms with van der Waals surface area (Å²) >= 11 is 0. The van der Waals surface area contributed by atoms with E-state index in [-0.39, 0.29) is 5.82 Å². The van der Waals surface area contributed by atoms with E-state index >= 15 is 0 Å². The number of benzene rings is 2. The van der Waals surface area contributed by atoms with E-state index in [2.05, 4.69) is 10.3 Å². The van der Waals surface area contributed by atoms with Crippen molar-refractivity contribution in [3.63, 3.8) is 0 Å². The zero-order valence-corrected chi connectivity index (χ0v) is 11.2. The lowest BCUT2D eigenvalue weighted by atomic mass is 10.1. The number of oxazole rings is 1. The molecule has 0 fully saturated rings. The van der Waals surface area contributed by atoms with Gasteiger partial charge >= 0.3 is 0 Å². The summed E-state index contributed by atoms with van der Waals surface area (Å²) < 4.78 is 18.6. The number of nitrogens with zero attached hydrogens (tertiary/aromatic N) is 1. The highest BCUT2D eigenvalue weighted by Gasteiger charge is 2.07. The summed E-state index contributed by atoms with van der Waals surface area (Å²) in [5.74, 6) is 0.413. The Balaban J connectivity index is 1.86. The molecule has 0 unspecified atom stereocenters. The van der Waals surface area contributed by atoms with E-state index in [1.807, 2.05) is 25.2 Å². The van der Waals surface area contributed by atoms with Crippen LogP contribution in [0, 0.1) is 5.82 Å². The van der Waals surface area contributed by atoms with Crippen LogP contribution in [0.4, 0.5) is 4.39 Å². The minimum atomic E-state index is -0.233. The number of hydrogen-bond donors (Lipinski definition) is 1. The maximum Gasteiger partial charge on any atom is 0.199 e. The van der Waals surface area contributed by atoms with Gasteiger partial charge in [-0.3, -0.25) is 0 Å². The maximum atomic E-state index is 12.9. The van der Waals surface area contributed by atoms with Crippen LogP contribution in [0.1, 0.15) is 17.0 Å². The quantitative estimate of drug-likeness (QED) is 0.790. The Labute approximate surface area is 116 Å². The molecule has 0 atom stereocenters. The molecule has 0 aliphatic rings. The topological polar surface area (TPSA) is 38.1 Å². The molecule has 3 nitrogen and oxygen atoms in total. The van der Waals surface area contributed by atoms with Gasteiger partial charge in [-0.25, -0.2) is 9.37 Å². The maximum absolute atomic E-state index is 12.9. The summed E-state index contributed by atoms with van der Waals surface area (Å²) in [5.41, 5.74) is 3.77. The number of rotatable bonds is 4. The number of fused-ring (bicyclic) bond motifs is 1. The first-order chi connectivity index (χ1) is 9.74. The van der Waals surface area contributed by atoms with Crippen molar-refractivity contribution in [3.05, 3.63) is 65.3 Å². The van der Waals surface area contributed by atoms with Gasteiger partial charge in [-0.1, -0.05) is 18.2 Å². The zero-order valence-electron chi connectivity index (χ0n) is 11.2. The fourth-order valence-electron chi connectivity index (χ4n) is 2.18. The number of aromatic nitrogens is 1. The molecule has 1 heterocycles. The molecular formula is C16H15FN2O. The summed E-state index contributed by atoms with van der Waals surface area (Å²) in [5, 5.41) is 3.10. The van der Waals surface area contributed by atoms with Crippen molar-refractivity contribution in [2.45, 2.75) is 13.0 Å². The van der Waals surface area contributed by atoms with E-state index in [1.165, 1.54) is 12.1 Å². The molecule has 4 heteroatoms. The molecule has 20 heavy (non-hydrogen) atoms. The summed E-state index contributed by atoms with van der Waals surface area (Å²) in [7, 11) is 1.91. The zero-order chi connectivity index (χ0) is 13.9. The third kappa shape index (κ3) is 2.70. The molecule has 102 valence electrons. The van der Waals surface area contributed by atoms with Gasteiger partial charge in [0.2, 0.25) is 0 Å². The molecule has 0 saturated carbocycles. The van der Waals surface area contributed by atoms with Crippen LogP contribution >= 0.6 is 0 Å². The van der Waals surface area contributed by atoms with Crippen LogP contribution in [0.15, 0.2) is 46.9 Å². The number of hydrogen-bond acceptors (Lipinski definition) is 3. The normalized spacial score (nSPS) is 11.1. The molecule has 0 aliphatic carbocycles. The highest BCUT2D eigenvalue weighted by atomic mass is 19.1. The van der Waals surface area contributed by atoms with Gasteiger partial charge < -0.3 is 9.73 Å². The van der Waals surface area contributed by atoms with Crippen molar-refractivity contribution in [2.75, 3.05) is 7.05 Å². The van der Waals surface area contributed by atoms with E-state index in [4.69, 9.17) is 4.42 Å². The second-order valence-corrected chi connectivity index (χ2v) is 4.74. The number of halogens is 1. The van der Waals surface area contributed by atoms with Gasteiger partial charge in [0.25, 0.3) is 0 Å². The van der Waals surface area contributed by atoms with Crippen molar-refractivity contribution in [3.8, 4) is 0 Å². The monoisotopic (exact) mass is 270 g/mol. The molecule has 0 amide bonds. The Bertz CT molecular complexity index is 719. The van der Waals surface area contributed by atoms with Gasteiger partial charge in [-0.15, -0.1) is 0 Å². The minimum Gasteiger partial charge on any atom is -0.440 e. The first-order valence-corrected chi connectivity index (χ1v) is 6.52. The Morgan fingerprint density at radius 2 is 1.85 bits per heavy atom. The summed E-state index contributed by atoms with van der Waals surface area (Å²) in [6.07, 6.45) is 0.566. The lowest BCUT2D eigenvalue weighted by Crippen LogP contribution is -2.04. The highest BCUT2D eigenvalue weighted by molar-refractivity contribution is 5.73. The molecule has 0 spiro atoms. The van der Waals surface area contributed by atoms with E-state index < -0.39 is 0 Å². The van der Waals surface area contributed by atoms with Crippen LogP contribution in [0.3, 0.4) is 0 Å². The smallest absolute Gasteiger partial charge is 0.199 e. The molecule has 1 aromatic heterocycles. The molecule has 0 aliphatic heterocycles. The number of nitrogens with one attached hydrogen (secondary N) is 1. The average Bonchev–Trinajstić information content (AvgIpc) is 2.83. The lowest BCUT2D eigenvalue weighted by Gasteiger charge is -1.97. The van der Waals surface area contributed by atoms with E-state index in [0.29, 0.717) is 12.3 Å². The molecule has 3 rings (SSSR count). The molecule has 2 aromatic carbocycles. The first-order valence-electron chi connectivity index (χ1n) is 6.52. The fraction of sp³-hybridized carbons (Fsp3) is 0.188. The first kappa shape index (κ1) is 12.8. The van der Waals surface area contributed by atoms with Gasteiger partial charge in [0.05, 0.1) is 0 Å². The highest BCUT2D eigenvalue weighted by Crippen LogP contribution is 2.19. The third-order valence-electron chi connectivity index (χ3n) is 3.15. The van der Waals surface area contributed by atoms with Gasteiger partial charge in [-0.05, 0) is 42.4 Å². The van der Waals surface area contributed by atoms with Crippen LogP contribution in [0.5, 0.6) is 0 Å². The van der Waals surface area contributed by atoms with Gasteiger partial charge in [0.1, 0.15) is 11.3 Å². The summed E-state index contributed by atoms with van der Waals surface area (Å²) in [4.78, 5) is 4.45. The van der Waals surface area contributed by atoms with Crippen LogP contribution in [0.25, 0.3) is 11.1 Å². The minimum absolute atomic E-state index is 0.233. The molecule has 0 radical (unpaired) electrons. The van der Waals surface area contributed by atoms with Crippen molar-refractivity contribution in [2.24, 2.45) is 0 Å². The second kappa shape index (κ2) is 5.43. The Kier molecular flexibility index (Phi) is 3.48. The van der Waals surface area contributed by atoms with E-state index in [1.54, 1.807) is 12.1 Å². The van der Waals surface area contributed by atoms with Crippen LogP contribution in [-0.4, -0.2) is 12.0 Å². The van der Waals surface area contributed by atoms with Crippen molar-refractivity contribution >= 4 is 11.1 Å². The largest absolute Gasteiger partial charge is 0.440 e. The summed E-state index contributed by atoms with van der Waals surface area (Å²) in [6, 6.07) is 12.4. The average molecular weight is 270 g/mol. The van der Waals surface area contributed by atoms with Gasteiger partial charge in [0.15, 0.2) is 11.5 Å². The Hall–Kier alpha value is -2.20. The van der Waals surface area contributed by atoms with Gasteiger partial charge in [0, 0.05) is 13.0 Å². The predicted molar refractivity (Wildman–Crippen MR) is 76.0 cm³/mol. The molecular weight excluding hydrogens is 255 g/mol. The van der Waals surface area contributed by atoms with Crippen molar-refractivity contribution in [1.82, 2.24) is 10.3 Å². The Morgan fingerprint density at radius 3 is 2.60 bits per heavy atom. The van der Waals surface area contributed by atoms with E-state index in [9.17, 15) is 4.39 Å². The van der Waals surface area contributed by atoms with Crippen LogP contribution < -0.4 is 5.32 Å². The van der Waals surface area contributed by atoms with Crippen molar-refractivity contribution in [1.29, 1.82) is 0 Å². The van der Waals surface area contributed by atoms with Gasteiger partial charge in [-0.2, -0.15) is 0 Å². The second-order valence-electron chi connectivity index (χ2n) is 4.74. The molecule has 3 aromatic rings.